The van der Waals surface area contributed by atoms with Gasteiger partial charge in [0.05, 0.1) is 24.9 Å². The number of carbonyl (C=O) groups is 1. The molecule has 0 bridgehead atoms. The number of carbonyl (C=O) groups excluding carboxylic acids is 1. The Morgan fingerprint density at radius 2 is 2.08 bits per heavy atom. The Morgan fingerprint density at radius 3 is 2.84 bits per heavy atom. The molecule has 1 N–H and O–H groups in total. The molecule has 130 valence electrons. The van der Waals surface area contributed by atoms with Gasteiger partial charge in [-0.2, -0.15) is 0 Å². The van der Waals surface area contributed by atoms with Gasteiger partial charge in [0.15, 0.2) is 5.78 Å². The molecule has 1 aromatic carbocycles. The monoisotopic (exact) mass is 337 g/mol. The predicted molar refractivity (Wildman–Crippen MR) is 96.9 cm³/mol. The Morgan fingerprint density at radius 1 is 1.24 bits per heavy atom. The number of aliphatic hydroxyl groups excluding tert-OH is 1. The SMILES string of the molecule is Cc1ccc2c(c1)c1c(n2C[C@@H](O)Cn2ccnc2C)C(=O)CCC1. The van der Waals surface area contributed by atoms with Crippen molar-refractivity contribution >= 4 is 16.7 Å². The van der Waals surface area contributed by atoms with Crippen LogP contribution in [0.1, 0.15) is 40.3 Å². The lowest BCUT2D eigenvalue weighted by molar-refractivity contribution is 0.0953. The number of benzene rings is 1. The second kappa shape index (κ2) is 6.15. The smallest absolute Gasteiger partial charge is 0.179 e. The van der Waals surface area contributed by atoms with Crippen molar-refractivity contribution in [2.75, 3.05) is 0 Å². The first-order valence-corrected chi connectivity index (χ1v) is 8.85. The van der Waals surface area contributed by atoms with Crippen molar-refractivity contribution in [2.45, 2.75) is 52.3 Å². The molecule has 2 heterocycles. The summed E-state index contributed by atoms with van der Waals surface area (Å²) in [7, 11) is 0. The number of rotatable bonds is 4. The number of hydrogen-bond acceptors (Lipinski definition) is 3. The van der Waals surface area contributed by atoms with Gasteiger partial charge in [0, 0.05) is 29.7 Å². The van der Waals surface area contributed by atoms with Crippen LogP contribution in [-0.2, 0) is 19.5 Å². The molecule has 1 aliphatic carbocycles. The van der Waals surface area contributed by atoms with E-state index in [1.807, 2.05) is 22.3 Å². The molecule has 0 saturated heterocycles. The number of fused-ring (bicyclic) bond motifs is 3. The van der Waals surface area contributed by atoms with E-state index in [0.29, 0.717) is 19.5 Å². The number of aliphatic hydroxyl groups is 1. The predicted octanol–water partition coefficient (Wildman–Crippen LogP) is 3.03. The second-order valence-electron chi connectivity index (χ2n) is 7.02. The molecule has 5 nitrogen and oxygen atoms in total. The molecular weight excluding hydrogens is 314 g/mol. The number of aryl methyl sites for hydroxylation is 3. The van der Waals surface area contributed by atoms with E-state index in [4.69, 9.17) is 0 Å². The van der Waals surface area contributed by atoms with Gasteiger partial charge in [-0.15, -0.1) is 0 Å². The number of Topliss-reactive ketones (excluding diaryl/α,β-unsaturated/α-hetero) is 1. The van der Waals surface area contributed by atoms with Crippen molar-refractivity contribution in [3.05, 3.63) is 53.2 Å². The number of nitrogens with zero attached hydrogens (tertiary/aromatic N) is 3. The molecule has 1 aliphatic rings. The van der Waals surface area contributed by atoms with Crippen LogP contribution in [-0.4, -0.2) is 31.1 Å². The third kappa shape index (κ3) is 2.78. The highest BCUT2D eigenvalue weighted by atomic mass is 16.3. The largest absolute Gasteiger partial charge is 0.389 e. The Hall–Kier alpha value is -2.40. The Balaban J connectivity index is 1.74. The van der Waals surface area contributed by atoms with Gasteiger partial charge in [0.1, 0.15) is 5.82 Å². The summed E-state index contributed by atoms with van der Waals surface area (Å²) in [6, 6.07) is 6.31. The fourth-order valence-electron chi connectivity index (χ4n) is 3.94. The third-order valence-corrected chi connectivity index (χ3v) is 5.14. The standard InChI is InChI=1S/C20H23N3O2/c1-13-6-7-18-17(10-13)16-4-3-5-19(25)20(16)23(18)12-15(24)11-22-9-8-21-14(22)2/h6-10,15,24H,3-5,11-12H2,1-2H3/t15-/m0/s1. The van der Waals surface area contributed by atoms with Crippen LogP contribution >= 0.6 is 0 Å². The molecule has 3 aromatic rings. The maximum atomic E-state index is 12.6. The van der Waals surface area contributed by atoms with E-state index in [9.17, 15) is 9.90 Å². The zero-order valence-electron chi connectivity index (χ0n) is 14.7. The van der Waals surface area contributed by atoms with Gasteiger partial charge in [0.2, 0.25) is 0 Å². The zero-order chi connectivity index (χ0) is 17.6. The van der Waals surface area contributed by atoms with E-state index < -0.39 is 6.10 Å². The van der Waals surface area contributed by atoms with Crippen molar-refractivity contribution in [1.29, 1.82) is 0 Å². The van der Waals surface area contributed by atoms with E-state index in [0.717, 1.165) is 40.8 Å². The van der Waals surface area contributed by atoms with Gasteiger partial charge in [-0.1, -0.05) is 11.6 Å². The van der Waals surface area contributed by atoms with E-state index in [2.05, 4.69) is 30.1 Å². The lowest BCUT2D eigenvalue weighted by Gasteiger charge is -2.18. The fraction of sp³-hybridized carbons (Fsp3) is 0.400. The molecule has 5 heteroatoms. The molecule has 25 heavy (non-hydrogen) atoms. The minimum atomic E-state index is -0.580. The zero-order valence-corrected chi connectivity index (χ0v) is 14.7. The minimum absolute atomic E-state index is 0.195. The highest BCUT2D eigenvalue weighted by molar-refractivity contribution is 6.04. The first-order valence-electron chi connectivity index (χ1n) is 8.85. The molecule has 0 fully saturated rings. The first-order chi connectivity index (χ1) is 12.0. The highest BCUT2D eigenvalue weighted by Gasteiger charge is 2.26. The molecule has 0 spiro atoms. The Labute approximate surface area is 146 Å². The molecular formula is C20H23N3O2. The molecule has 0 radical (unpaired) electrons. The van der Waals surface area contributed by atoms with Crippen LogP contribution in [0.25, 0.3) is 10.9 Å². The van der Waals surface area contributed by atoms with E-state index >= 15 is 0 Å². The van der Waals surface area contributed by atoms with Crippen LogP contribution in [0.3, 0.4) is 0 Å². The summed E-state index contributed by atoms with van der Waals surface area (Å²) in [5.41, 5.74) is 4.20. The maximum absolute atomic E-state index is 12.6. The van der Waals surface area contributed by atoms with Gasteiger partial charge in [-0.25, -0.2) is 4.98 Å². The van der Waals surface area contributed by atoms with Crippen LogP contribution in [0.5, 0.6) is 0 Å². The maximum Gasteiger partial charge on any atom is 0.179 e. The number of imidazole rings is 1. The summed E-state index contributed by atoms with van der Waals surface area (Å²) in [6.45, 7) is 4.88. The Kier molecular flexibility index (Phi) is 3.96. The number of hydrogen-bond donors (Lipinski definition) is 1. The van der Waals surface area contributed by atoms with Crippen molar-refractivity contribution in [1.82, 2.24) is 14.1 Å². The molecule has 0 amide bonds. The van der Waals surface area contributed by atoms with Gasteiger partial charge >= 0.3 is 0 Å². The third-order valence-electron chi connectivity index (χ3n) is 5.14. The summed E-state index contributed by atoms with van der Waals surface area (Å²) in [4.78, 5) is 16.8. The Bertz CT molecular complexity index is 951. The van der Waals surface area contributed by atoms with Gasteiger partial charge < -0.3 is 14.2 Å². The van der Waals surface area contributed by atoms with Crippen molar-refractivity contribution < 1.29 is 9.90 Å². The first kappa shape index (κ1) is 16.1. The molecule has 1 atom stereocenters. The number of aromatic nitrogens is 3. The average molecular weight is 337 g/mol. The van der Waals surface area contributed by atoms with Crippen LogP contribution in [0.15, 0.2) is 30.6 Å². The lowest BCUT2D eigenvalue weighted by Crippen LogP contribution is -2.25. The quantitative estimate of drug-likeness (QED) is 0.796. The summed E-state index contributed by atoms with van der Waals surface area (Å²) in [6.07, 6.45) is 5.47. The topological polar surface area (TPSA) is 60.1 Å². The minimum Gasteiger partial charge on any atom is -0.389 e. The average Bonchev–Trinajstić information content (AvgIpc) is 3.11. The van der Waals surface area contributed by atoms with Crippen LogP contribution < -0.4 is 0 Å². The highest BCUT2D eigenvalue weighted by Crippen LogP contribution is 2.33. The molecule has 0 saturated carbocycles. The molecule has 0 unspecified atom stereocenters. The van der Waals surface area contributed by atoms with Crippen LogP contribution in [0.2, 0.25) is 0 Å². The van der Waals surface area contributed by atoms with Gasteiger partial charge in [0.25, 0.3) is 0 Å². The van der Waals surface area contributed by atoms with E-state index in [-0.39, 0.29) is 5.78 Å². The lowest BCUT2D eigenvalue weighted by atomic mass is 9.94. The summed E-state index contributed by atoms with van der Waals surface area (Å²) in [5, 5.41) is 11.8. The number of ketones is 1. The van der Waals surface area contributed by atoms with Crippen LogP contribution in [0.4, 0.5) is 0 Å². The van der Waals surface area contributed by atoms with E-state index in [1.165, 1.54) is 5.56 Å². The summed E-state index contributed by atoms with van der Waals surface area (Å²) < 4.78 is 3.97. The van der Waals surface area contributed by atoms with E-state index in [1.54, 1.807) is 6.20 Å². The molecule has 4 rings (SSSR count). The van der Waals surface area contributed by atoms with Crippen molar-refractivity contribution in [3.8, 4) is 0 Å². The van der Waals surface area contributed by atoms with Crippen molar-refractivity contribution in [3.63, 3.8) is 0 Å². The summed E-state index contributed by atoms with van der Waals surface area (Å²) in [5.74, 6) is 1.08. The van der Waals surface area contributed by atoms with Gasteiger partial charge in [-0.05, 0) is 44.4 Å². The summed E-state index contributed by atoms with van der Waals surface area (Å²) >= 11 is 0. The molecule has 0 aliphatic heterocycles. The van der Waals surface area contributed by atoms with Crippen molar-refractivity contribution in [2.24, 2.45) is 0 Å². The van der Waals surface area contributed by atoms with Gasteiger partial charge in [-0.3, -0.25) is 4.79 Å². The fourth-order valence-corrected chi connectivity index (χ4v) is 3.94. The normalized spacial score (nSPS) is 15.6. The van der Waals surface area contributed by atoms with Crippen LogP contribution in [0, 0.1) is 13.8 Å². The second-order valence-corrected chi connectivity index (χ2v) is 7.02. The molecule has 2 aromatic heterocycles.